The molecule has 1 aromatic heterocycles. The van der Waals surface area contributed by atoms with Crippen molar-refractivity contribution >= 4 is 12.1 Å². The molecule has 1 aromatic carbocycles. The average molecular weight is 353 g/mol. The number of aromatic nitrogens is 2. The summed E-state index contributed by atoms with van der Waals surface area (Å²) in [6.45, 7) is 0.271. The van der Waals surface area contributed by atoms with Gasteiger partial charge in [0.05, 0.1) is 22.9 Å². The van der Waals surface area contributed by atoms with Gasteiger partial charge in [0.1, 0.15) is 12.0 Å². The van der Waals surface area contributed by atoms with E-state index in [0.717, 1.165) is 6.07 Å². The summed E-state index contributed by atoms with van der Waals surface area (Å²) in [5, 5.41) is 8.82. The highest BCUT2D eigenvalue weighted by molar-refractivity contribution is 6.01. The molecule has 0 unspecified atom stereocenters. The Balaban J connectivity index is 2.00. The fraction of sp³-hybridized carbons (Fsp3) is 0.267. The molecule has 2 aromatic rings. The Kier molecular flexibility index (Phi) is 3.08. The van der Waals surface area contributed by atoms with Crippen LogP contribution in [0.25, 0.3) is 5.69 Å². The summed E-state index contributed by atoms with van der Waals surface area (Å²) < 4.78 is 46.1. The lowest BCUT2D eigenvalue weighted by atomic mass is 9.98. The van der Waals surface area contributed by atoms with E-state index < -0.39 is 35.4 Å². The van der Waals surface area contributed by atoms with Crippen molar-refractivity contribution in [2.75, 3.05) is 6.54 Å². The first kappa shape index (κ1) is 15.5. The fourth-order valence-electron chi connectivity index (χ4n) is 3.26. The van der Waals surface area contributed by atoms with Crippen LogP contribution in [0.1, 0.15) is 34.1 Å². The minimum Gasteiger partial charge on any atom is -0.449 e. The van der Waals surface area contributed by atoms with E-state index in [0.29, 0.717) is 6.42 Å². The zero-order valence-electron chi connectivity index (χ0n) is 12.4. The number of ether oxygens (including phenoxy) is 1. The standard InChI is InChI=1S/C15H10F3N3O4/c16-15(17,18)7-2-1-3-8-10(7)13(22)20-5-4-9(20)11-12(25-14(23)24)19-6-21(8)11/h1-3,6,9H,4-5H2,(H,23,24)/t9-/m0/s1. The summed E-state index contributed by atoms with van der Waals surface area (Å²) in [6.07, 6.45) is -4.65. The predicted octanol–water partition coefficient (Wildman–Crippen LogP) is 2.85. The monoisotopic (exact) mass is 353 g/mol. The van der Waals surface area contributed by atoms with Crippen molar-refractivity contribution in [3.8, 4) is 11.6 Å². The van der Waals surface area contributed by atoms with Crippen LogP contribution in [0.4, 0.5) is 18.0 Å². The lowest BCUT2D eigenvalue weighted by Crippen LogP contribution is -2.45. The molecule has 25 heavy (non-hydrogen) atoms. The van der Waals surface area contributed by atoms with Crippen molar-refractivity contribution in [1.82, 2.24) is 14.5 Å². The van der Waals surface area contributed by atoms with E-state index in [-0.39, 0.29) is 23.8 Å². The molecule has 1 amide bonds. The number of rotatable bonds is 1. The number of imidazole rings is 1. The van der Waals surface area contributed by atoms with Crippen molar-refractivity contribution in [2.24, 2.45) is 0 Å². The van der Waals surface area contributed by atoms with E-state index >= 15 is 0 Å². The average Bonchev–Trinajstić information content (AvgIpc) is 2.84. The second-order valence-corrected chi connectivity index (χ2v) is 5.67. The zero-order chi connectivity index (χ0) is 17.9. The van der Waals surface area contributed by atoms with E-state index in [1.54, 1.807) is 0 Å². The zero-order valence-corrected chi connectivity index (χ0v) is 12.4. The van der Waals surface area contributed by atoms with Gasteiger partial charge in [0, 0.05) is 6.54 Å². The number of benzene rings is 1. The number of carbonyl (C=O) groups excluding carboxylic acids is 1. The van der Waals surface area contributed by atoms with Gasteiger partial charge in [-0.05, 0) is 18.6 Å². The predicted molar refractivity (Wildman–Crippen MR) is 75.6 cm³/mol. The van der Waals surface area contributed by atoms with E-state index in [1.165, 1.54) is 27.9 Å². The third-order valence-corrected chi connectivity index (χ3v) is 4.37. The molecule has 1 N–H and O–H groups in total. The van der Waals surface area contributed by atoms with Gasteiger partial charge < -0.3 is 14.7 Å². The van der Waals surface area contributed by atoms with Gasteiger partial charge in [0.25, 0.3) is 5.91 Å². The molecule has 0 saturated carbocycles. The molecule has 7 nitrogen and oxygen atoms in total. The third-order valence-electron chi connectivity index (χ3n) is 4.37. The van der Waals surface area contributed by atoms with Crippen LogP contribution in [0, 0.1) is 0 Å². The molecule has 0 radical (unpaired) electrons. The quantitative estimate of drug-likeness (QED) is 0.797. The summed E-state index contributed by atoms with van der Waals surface area (Å²) in [4.78, 5) is 28.7. The first-order chi connectivity index (χ1) is 11.8. The Bertz CT molecular complexity index is 906. The third kappa shape index (κ3) is 2.17. The molecule has 130 valence electrons. The van der Waals surface area contributed by atoms with Gasteiger partial charge in [-0.3, -0.25) is 9.36 Å². The maximum atomic E-state index is 13.4. The van der Waals surface area contributed by atoms with E-state index in [1.807, 2.05) is 0 Å². The van der Waals surface area contributed by atoms with Crippen LogP contribution in [0.2, 0.25) is 0 Å². The Labute approximate surface area is 138 Å². The van der Waals surface area contributed by atoms with Crippen molar-refractivity contribution in [3.05, 3.63) is 41.3 Å². The van der Waals surface area contributed by atoms with Gasteiger partial charge in [-0.2, -0.15) is 13.2 Å². The van der Waals surface area contributed by atoms with E-state index in [4.69, 9.17) is 5.11 Å². The molecule has 2 aliphatic rings. The highest BCUT2D eigenvalue weighted by Gasteiger charge is 2.46. The maximum absolute atomic E-state index is 13.4. The number of carbonyl (C=O) groups is 2. The number of fused-ring (bicyclic) bond motifs is 5. The van der Waals surface area contributed by atoms with Gasteiger partial charge in [-0.25, -0.2) is 9.78 Å². The first-order valence-electron chi connectivity index (χ1n) is 7.28. The molecule has 3 heterocycles. The smallest absolute Gasteiger partial charge is 0.449 e. The first-order valence-corrected chi connectivity index (χ1v) is 7.28. The molecule has 0 bridgehead atoms. The Hall–Kier alpha value is -3.04. The number of carboxylic acid groups (broad SMARTS) is 1. The van der Waals surface area contributed by atoms with Crippen molar-refractivity contribution in [2.45, 2.75) is 18.6 Å². The van der Waals surface area contributed by atoms with Crippen LogP contribution in [-0.4, -0.2) is 38.2 Å². The Morgan fingerprint density at radius 2 is 2.12 bits per heavy atom. The number of alkyl halides is 3. The summed E-state index contributed by atoms with van der Waals surface area (Å²) in [5.74, 6) is -0.982. The van der Waals surface area contributed by atoms with Crippen LogP contribution >= 0.6 is 0 Å². The number of nitrogens with zero attached hydrogens (tertiary/aromatic N) is 3. The van der Waals surface area contributed by atoms with Gasteiger partial charge in [-0.1, -0.05) is 6.07 Å². The molecule has 1 saturated heterocycles. The molecule has 0 spiro atoms. The van der Waals surface area contributed by atoms with Crippen LogP contribution in [0.5, 0.6) is 5.88 Å². The summed E-state index contributed by atoms with van der Waals surface area (Å²) in [5.41, 5.74) is -1.27. The van der Waals surface area contributed by atoms with Crippen molar-refractivity contribution < 1.29 is 32.6 Å². The molecular weight excluding hydrogens is 343 g/mol. The van der Waals surface area contributed by atoms with Crippen molar-refractivity contribution in [1.29, 1.82) is 0 Å². The second-order valence-electron chi connectivity index (χ2n) is 5.67. The minimum atomic E-state index is -4.70. The maximum Gasteiger partial charge on any atom is 0.512 e. The SMILES string of the molecule is O=C(O)Oc1ncn2c1[C@@H]1CCN1C(=O)c1c-2cccc1C(F)(F)F. The largest absolute Gasteiger partial charge is 0.512 e. The van der Waals surface area contributed by atoms with Crippen molar-refractivity contribution in [3.63, 3.8) is 0 Å². The highest BCUT2D eigenvalue weighted by atomic mass is 19.4. The number of hydrogen-bond donors (Lipinski definition) is 1. The molecular formula is C15H10F3N3O4. The Morgan fingerprint density at radius 3 is 2.72 bits per heavy atom. The normalized spacial score (nSPS) is 18.6. The van der Waals surface area contributed by atoms with Gasteiger partial charge in [0.15, 0.2) is 0 Å². The van der Waals surface area contributed by atoms with Crippen LogP contribution in [0.3, 0.4) is 0 Å². The fourth-order valence-corrected chi connectivity index (χ4v) is 3.26. The number of halogens is 3. The van der Waals surface area contributed by atoms with Gasteiger partial charge in [0.2, 0.25) is 5.88 Å². The molecule has 0 aliphatic carbocycles. The molecule has 2 aliphatic heterocycles. The van der Waals surface area contributed by atoms with Crippen LogP contribution in [0.15, 0.2) is 24.5 Å². The number of amides is 1. The molecule has 4 rings (SSSR count). The molecule has 1 atom stereocenters. The highest BCUT2D eigenvalue weighted by Crippen LogP contribution is 2.45. The topological polar surface area (TPSA) is 84.7 Å². The van der Waals surface area contributed by atoms with Gasteiger partial charge >= 0.3 is 12.3 Å². The molecule has 1 fully saturated rings. The van der Waals surface area contributed by atoms with E-state index in [2.05, 4.69) is 9.72 Å². The van der Waals surface area contributed by atoms with E-state index in [9.17, 15) is 22.8 Å². The lowest BCUT2D eigenvalue weighted by Gasteiger charge is -2.39. The second kappa shape index (κ2) is 4.98. The van der Waals surface area contributed by atoms with Crippen LogP contribution in [-0.2, 0) is 6.18 Å². The minimum absolute atomic E-state index is 0.00281. The van der Waals surface area contributed by atoms with Crippen LogP contribution < -0.4 is 4.74 Å². The van der Waals surface area contributed by atoms with Gasteiger partial charge in [-0.15, -0.1) is 0 Å². The summed E-state index contributed by atoms with van der Waals surface area (Å²) in [6, 6.07) is 2.82. The number of hydrogen-bond acceptors (Lipinski definition) is 4. The summed E-state index contributed by atoms with van der Waals surface area (Å²) in [7, 11) is 0. The Morgan fingerprint density at radius 1 is 1.36 bits per heavy atom. The lowest BCUT2D eigenvalue weighted by molar-refractivity contribution is -0.138. The summed E-state index contributed by atoms with van der Waals surface area (Å²) >= 11 is 0. The molecule has 10 heteroatoms.